The van der Waals surface area contributed by atoms with Gasteiger partial charge >= 0.3 is 0 Å². The molecule has 0 bridgehead atoms. The largest absolute Gasteiger partial charge is 0.314 e. The quantitative estimate of drug-likeness (QED) is 0.764. The molecule has 2 aliphatic rings. The van der Waals surface area contributed by atoms with Gasteiger partial charge in [0.1, 0.15) is 0 Å². The first-order chi connectivity index (χ1) is 7.16. The van der Waals surface area contributed by atoms with E-state index in [0.717, 1.165) is 18.3 Å². The van der Waals surface area contributed by atoms with Crippen LogP contribution in [0.4, 0.5) is 4.79 Å². The standard InChI is InChI=1S/C10H16N2O2S/c1-7(4-11-8-2-3-8)5-12-9(13)6-15-10(12)14/h7-8,11H,2-6H2,1H3. The van der Waals surface area contributed by atoms with Crippen molar-refractivity contribution in [3.63, 3.8) is 0 Å². The monoisotopic (exact) mass is 228 g/mol. The van der Waals surface area contributed by atoms with Crippen molar-refractivity contribution in [2.45, 2.75) is 25.8 Å². The third kappa shape index (κ3) is 2.95. The van der Waals surface area contributed by atoms with Crippen LogP contribution in [0.25, 0.3) is 0 Å². The third-order valence-electron chi connectivity index (χ3n) is 2.67. The molecule has 15 heavy (non-hydrogen) atoms. The minimum Gasteiger partial charge on any atom is -0.314 e. The number of nitrogens with zero attached hydrogens (tertiary/aromatic N) is 1. The zero-order valence-electron chi connectivity index (χ0n) is 8.86. The van der Waals surface area contributed by atoms with Crippen molar-refractivity contribution < 1.29 is 9.59 Å². The summed E-state index contributed by atoms with van der Waals surface area (Å²) < 4.78 is 0. The van der Waals surface area contributed by atoms with E-state index >= 15 is 0 Å². The van der Waals surface area contributed by atoms with E-state index in [9.17, 15) is 9.59 Å². The zero-order valence-corrected chi connectivity index (χ0v) is 9.68. The Balaban J connectivity index is 1.73. The van der Waals surface area contributed by atoms with Crippen LogP contribution in [0.2, 0.25) is 0 Å². The lowest BCUT2D eigenvalue weighted by Crippen LogP contribution is -2.36. The Morgan fingerprint density at radius 2 is 2.27 bits per heavy atom. The summed E-state index contributed by atoms with van der Waals surface area (Å²) in [5, 5.41) is 3.32. The molecule has 1 unspecified atom stereocenters. The molecule has 5 heteroatoms. The molecule has 0 aromatic carbocycles. The van der Waals surface area contributed by atoms with Gasteiger partial charge in [-0.15, -0.1) is 0 Å². The van der Waals surface area contributed by atoms with Gasteiger partial charge in [-0.25, -0.2) is 0 Å². The average molecular weight is 228 g/mol. The Labute approximate surface area is 93.8 Å². The van der Waals surface area contributed by atoms with Gasteiger partial charge in [0.05, 0.1) is 5.75 Å². The molecule has 0 radical (unpaired) electrons. The van der Waals surface area contributed by atoms with Crippen LogP contribution in [-0.4, -0.2) is 40.9 Å². The molecule has 0 aromatic heterocycles. The van der Waals surface area contributed by atoms with Crippen LogP contribution < -0.4 is 5.32 Å². The fourth-order valence-electron chi connectivity index (χ4n) is 1.59. The van der Waals surface area contributed by atoms with Gasteiger partial charge in [0.15, 0.2) is 0 Å². The second-order valence-corrected chi connectivity index (χ2v) is 5.27. The predicted molar refractivity (Wildman–Crippen MR) is 59.8 cm³/mol. The Morgan fingerprint density at radius 1 is 1.53 bits per heavy atom. The van der Waals surface area contributed by atoms with E-state index < -0.39 is 0 Å². The van der Waals surface area contributed by atoms with Crippen LogP contribution in [0.15, 0.2) is 0 Å². The number of rotatable bonds is 5. The zero-order chi connectivity index (χ0) is 10.8. The topological polar surface area (TPSA) is 49.4 Å². The normalized spacial score (nSPS) is 23.7. The maximum Gasteiger partial charge on any atom is 0.288 e. The summed E-state index contributed by atoms with van der Waals surface area (Å²) in [4.78, 5) is 24.0. The second-order valence-electron chi connectivity index (χ2n) is 4.35. The fourth-order valence-corrected chi connectivity index (χ4v) is 2.32. The highest BCUT2D eigenvalue weighted by atomic mass is 32.2. The highest BCUT2D eigenvalue weighted by molar-refractivity contribution is 8.14. The summed E-state index contributed by atoms with van der Waals surface area (Å²) in [5.74, 6) is 0.627. The van der Waals surface area contributed by atoms with Gasteiger partial charge in [0.25, 0.3) is 5.24 Å². The Morgan fingerprint density at radius 3 is 2.80 bits per heavy atom. The molecule has 1 aliphatic carbocycles. The Kier molecular flexibility index (Phi) is 3.31. The molecule has 4 nitrogen and oxygen atoms in total. The van der Waals surface area contributed by atoms with Gasteiger partial charge in [-0.05, 0) is 25.3 Å². The van der Waals surface area contributed by atoms with Gasteiger partial charge < -0.3 is 5.32 Å². The SMILES string of the molecule is CC(CNC1CC1)CN1C(=O)CSC1=O. The number of carbonyl (C=O) groups excluding carboxylic acids is 2. The number of hydrogen-bond acceptors (Lipinski definition) is 4. The molecule has 1 atom stereocenters. The Bertz CT molecular complexity index is 263. The lowest BCUT2D eigenvalue weighted by atomic mass is 10.1. The van der Waals surface area contributed by atoms with E-state index in [-0.39, 0.29) is 11.1 Å². The summed E-state index contributed by atoms with van der Waals surface area (Å²) >= 11 is 1.11. The van der Waals surface area contributed by atoms with E-state index in [2.05, 4.69) is 12.2 Å². The van der Waals surface area contributed by atoms with E-state index in [1.54, 1.807) is 0 Å². The van der Waals surface area contributed by atoms with Crippen LogP contribution in [0.5, 0.6) is 0 Å². The molecular formula is C10H16N2O2S. The first-order valence-electron chi connectivity index (χ1n) is 5.37. The maximum absolute atomic E-state index is 11.3. The molecule has 1 saturated heterocycles. The van der Waals surface area contributed by atoms with Gasteiger partial charge in [0, 0.05) is 12.6 Å². The highest BCUT2D eigenvalue weighted by Gasteiger charge is 2.31. The van der Waals surface area contributed by atoms with Crippen molar-refractivity contribution in [1.29, 1.82) is 0 Å². The summed E-state index contributed by atoms with van der Waals surface area (Å²) in [6, 6.07) is 0.687. The fraction of sp³-hybridized carbons (Fsp3) is 0.800. The van der Waals surface area contributed by atoms with Crippen LogP contribution in [0, 0.1) is 5.92 Å². The van der Waals surface area contributed by atoms with Crippen LogP contribution in [0.1, 0.15) is 19.8 Å². The number of imide groups is 1. The summed E-state index contributed by atoms with van der Waals surface area (Å²) in [5.41, 5.74) is 0. The molecular weight excluding hydrogens is 212 g/mol. The van der Waals surface area contributed by atoms with Gasteiger partial charge in [-0.2, -0.15) is 0 Å². The maximum atomic E-state index is 11.3. The Hall–Kier alpha value is -0.550. The lowest BCUT2D eigenvalue weighted by Gasteiger charge is -2.18. The summed E-state index contributed by atoms with van der Waals surface area (Å²) in [7, 11) is 0. The van der Waals surface area contributed by atoms with Crippen LogP contribution in [0.3, 0.4) is 0 Å². The van der Waals surface area contributed by atoms with Crippen LogP contribution in [-0.2, 0) is 4.79 Å². The van der Waals surface area contributed by atoms with Gasteiger partial charge in [0.2, 0.25) is 5.91 Å². The van der Waals surface area contributed by atoms with Crippen molar-refractivity contribution in [2.24, 2.45) is 5.92 Å². The van der Waals surface area contributed by atoms with Crippen molar-refractivity contribution in [1.82, 2.24) is 10.2 Å². The molecule has 1 aliphatic heterocycles. The molecule has 84 valence electrons. The first-order valence-corrected chi connectivity index (χ1v) is 6.36. The first kappa shape index (κ1) is 11.0. The van der Waals surface area contributed by atoms with Crippen LogP contribution >= 0.6 is 11.8 Å². The molecule has 1 N–H and O–H groups in total. The molecule has 0 spiro atoms. The van der Waals surface area contributed by atoms with E-state index in [1.165, 1.54) is 17.7 Å². The molecule has 2 fully saturated rings. The lowest BCUT2D eigenvalue weighted by molar-refractivity contribution is -0.124. The van der Waals surface area contributed by atoms with E-state index in [1.807, 2.05) is 0 Å². The molecule has 2 amide bonds. The second kappa shape index (κ2) is 4.53. The molecule has 1 heterocycles. The number of carbonyl (C=O) groups is 2. The smallest absolute Gasteiger partial charge is 0.288 e. The minimum atomic E-state index is -0.0849. The minimum absolute atomic E-state index is 0.0386. The van der Waals surface area contributed by atoms with Crippen molar-refractivity contribution in [3.05, 3.63) is 0 Å². The van der Waals surface area contributed by atoms with Crippen molar-refractivity contribution >= 4 is 22.9 Å². The van der Waals surface area contributed by atoms with E-state index in [0.29, 0.717) is 24.3 Å². The third-order valence-corrected chi connectivity index (χ3v) is 3.53. The predicted octanol–water partition coefficient (Wildman–Crippen LogP) is 1.07. The highest BCUT2D eigenvalue weighted by Crippen LogP contribution is 2.21. The van der Waals surface area contributed by atoms with Gasteiger partial charge in [-0.3, -0.25) is 14.5 Å². The molecule has 0 aromatic rings. The summed E-state index contributed by atoms with van der Waals surface area (Å²) in [6.45, 7) is 3.52. The van der Waals surface area contributed by atoms with Crippen molar-refractivity contribution in [2.75, 3.05) is 18.8 Å². The average Bonchev–Trinajstić information content (AvgIpc) is 2.98. The summed E-state index contributed by atoms with van der Waals surface area (Å²) in [6.07, 6.45) is 2.54. The number of nitrogens with one attached hydrogen (secondary N) is 1. The van der Waals surface area contributed by atoms with E-state index in [4.69, 9.17) is 0 Å². The molecule has 1 saturated carbocycles. The number of thioether (sulfide) groups is 1. The van der Waals surface area contributed by atoms with Gasteiger partial charge in [-0.1, -0.05) is 18.7 Å². The number of amides is 2. The number of hydrogen-bond donors (Lipinski definition) is 1. The van der Waals surface area contributed by atoms with Crippen molar-refractivity contribution in [3.8, 4) is 0 Å². The molecule has 2 rings (SSSR count).